The smallest absolute Gasteiger partial charge is 0.258 e. The fourth-order valence-electron chi connectivity index (χ4n) is 3.84. The number of amides is 1. The SMILES string of the molecule is CC(C)(C)C1CCC(NC(=O)COc2ccc3ccccc3c2Br)CC1. The maximum atomic E-state index is 12.3. The molecule has 0 heterocycles. The normalized spacial score (nSPS) is 20.8. The first-order valence-corrected chi connectivity index (χ1v) is 10.2. The molecule has 1 saturated carbocycles. The van der Waals surface area contributed by atoms with Crippen molar-refractivity contribution in [1.29, 1.82) is 0 Å². The number of halogens is 1. The summed E-state index contributed by atoms with van der Waals surface area (Å²) in [5, 5.41) is 5.37. The van der Waals surface area contributed by atoms with E-state index in [4.69, 9.17) is 4.74 Å². The largest absolute Gasteiger partial charge is 0.483 e. The molecule has 0 radical (unpaired) electrons. The van der Waals surface area contributed by atoms with Crippen molar-refractivity contribution in [1.82, 2.24) is 5.32 Å². The summed E-state index contributed by atoms with van der Waals surface area (Å²) in [5.41, 5.74) is 0.362. The Morgan fingerprint density at radius 2 is 1.81 bits per heavy atom. The van der Waals surface area contributed by atoms with Crippen LogP contribution in [-0.4, -0.2) is 18.6 Å². The Morgan fingerprint density at radius 3 is 2.50 bits per heavy atom. The zero-order valence-electron chi connectivity index (χ0n) is 15.8. The van der Waals surface area contributed by atoms with E-state index in [0.717, 1.165) is 34.0 Å². The van der Waals surface area contributed by atoms with E-state index < -0.39 is 0 Å². The van der Waals surface area contributed by atoms with Gasteiger partial charge in [-0.05, 0) is 69.8 Å². The van der Waals surface area contributed by atoms with Gasteiger partial charge in [-0.3, -0.25) is 4.79 Å². The quantitative estimate of drug-likeness (QED) is 0.692. The molecule has 0 spiro atoms. The van der Waals surface area contributed by atoms with E-state index in [1.54, 1.807) is 0 Å². The maximum absolute atomic E-state index is 12.3. The standard InChI is InChI=1S/C22H28BrNO2/c1-22(2,3)16-9-11-17(12-10-16)24-20(25)14-26-19-13-8-15-6-4-5-7-18(15)21(19)23/h4-8,13,16-17H,9-12,14H2,1-3H3,(H,24,25). The number of carbonyl (C=O) groups is 1. The molecule has 0 aromatic heterocycles. The lowest BCUT2D eigenvalue weighted by molar-refractivity contribution is -0.124. The number of benzene rings is 2. The first-order chi connectivity index (χ1) is 12.3. The molecular weight excluding hydrogens is 390 g/mol. The zero-order valence-corrected chi connectivity index (χ0v) is 17.4. The minimum atomic E-state index is -0.0377. The lowest BCUT2D eigenvalue weighted by Crippen LogP contribution is -2.41. The van der Waals surface area contributed by atoms with E-state index in [-0.39, 0.29) is 18.6 Å². The molecule has 1 amide bonds. The van der Waals surface area contributed by atoms with Gasteiger partial charge in [0.2, 0.25) is 0 Å². The van der Waals surface area contributed by atoms with Crippen LogP contribution in [0, 0.1) is 11.3 Å². The van der Waals surface area contributed by atoms with E-state index in [0.29, 0.717) is 11.2 Å². The van der Waals surface area contributed by atoms with Gasteiger partial charge in [-0.15, -0.1) is 0 Å². The number of carbonyl (C=O) groups excluding carboxylic acids is 1. The van der Waals surface area contributed by atoms with Crippen LogP contribution in [0.2, 0.25) is 0 Å². The first-order valence-electron chi connectivity index (χ1n) is 9.44. The summed E-state index contributed by atoms with van der Waals surface area (Å²) in [4.78, 5) is 12.3. The Morgan fingerprint density at radius 1 is 1.12 bits per heavy atom. The van der Waals surface area contributed by atoms with Crippen molar-refractivity contribution in [3.05, 3.63) is 40.9 Å². The fraction of sp³-hybridized carbons (Fsp3) is 0.500. The molecule has 1 aliphatic rings. The second-order valence-corrected chi connectivity index (χ2v) is 9.16. The summed E-state index contributed by atoms with van der Waals surface area (Å²) in [6, 6.07) is 12.3. The minimum Gasteiger partial charge on any atom is -0.483 e. The summed E-state index contributed by atoms with van der Waals surface area (Å²) in [6.45, 7) is 6.99. The van der Waals surface area contributed by atoms with Gasteiger partial charge in [0.05, 0.1) is 4.47 Å². The lowest BCUT2D eigenvalue weighted by atomic mass is 9.71. The summed E-state index contributed by atoms with van der Waals surface area (Å²) < 4.78 is 6.66. The van der Waals surface area contributed by atoms with Gasteiger partial charge in [-0.2, -0.15) is 0 Å². The van der Waals surface area contributed by atoms with Crippen LogP contribution < -0.4 is 10.1 Å². The zero-order chi connectivity index (χ0) is 18.7. The molecule has 140 valence electrons. The van der Waals surface area contributed by atoms with Crippen LogP contribution in [0.4, 0.5) is 0 Å². The summed E-state index contributed by atoms with van der Waals surface area (Å²) in [5.74, 6) is 1.42. The molecule has 1 N–H and O–H groups in total. The van der Waals surface area contributed by atoms with Crippen molar-refractivity contribution >= 4 is 32.6 Å². The predicted molar refractivity (Wildman–Crippen MR) is 110 cm³/mol. The maximum Gasteiger partial charge on any atom is 0.258 e. The van der Waals surface area contributed by atoms with Gasteiger partial charge in [-0.1, -0.05) is 51.1 Å². The van der Waals surface area contributed by atoms with Crippen LogP contribution in [0.5, 0.6) is 5.75 Å². The highest BCUT2D eigenvalue weighted by Crippen LogP contribution is 2.37. The molecular formula is C22H28BrNO2. The molecule has 3 rings (SSSR count). The van der Waals surface area contributed by atoms with Crippen LogP contribution in [0.3, 0.4) is 0 Å². The Hall–Kier alpha value is -1.55. The third-order valence-corrected chi connectivity index (χ3v) is 6.32. The molecule has 2 aromatic rings. The van der Waals surface area contributed by atoms with Gasteiger partial charge in [0.1, 0.15) is 5.75 Å². The molecule has 26 heavy (non-hydrogen) atoms. The highest BCUT2D eigenvalue weighted by atomic mass is 79.9. The van der Waals surface area contributed by atoms with Crippen LogP contribution in [-0.2, 0) is 4.79 Å². The number of ether oxygens (including phenoxy) is 1. The van der Waals surface area contributed by atoms with Crippen molar-refractivity contribution in [2.24, 2.45) is 11.3 Å². The molecule has 0 atom stereocenters. The average molecular weight is 418 g/mol. The topological polar surface area (TPSA) is 38.3 Å². The third kappa shape index (κ3) is 4.59. The summed E-state index contributed by atoms with van der Waals surface area (Å²) in [7, 11) is 0. The minimum absolute atomic E-state index is 0.0377. The van der Waals surface area contributed by atoms with Crippen LogP contribution in [0.15, 0.2) is 40.9 Å². The van der Waals surface area contributed by atoms with E-state index in [1.807, 2.05) is 30.3 Å². The second kappa shape index (κ2) is 7.99. The third-order valence-electron chi connectivity index (χ3n) is 5.50. The molecule has 1 aliphatic carbocycles. The Balaban J connectivity index is 1.51. The Labute approximate surface area is 164 Å². The van der Waals surface area contributed by atoms with Gasteiger partial charge in [0.25, 0.3) is 5.91 Å². The van der Waals surface area contributed by atoms with Gasteiger partial charge >= 0.3 is 0 Å². The van der Waals surface area contributed by atoms with Crippen LogP contribution in [0.25, 0.3) is 10.8 Å². The van der Waals surface area contributed by atoms with E-state index in [1.165, 1.54) is 12.8 Å². The molecule has 1 fully saturated rings. The van der Waals surface area contributed by atoms with Crippen molar-refractivity contribution in [3.63, 3.8) is 0 Å². The molecule has 0 aliphatic heterocycles. The van der Waals surface area contributed by atoms with Crippen molar-refractivity contribution < 1.29 is 9.53 Å². The van der Waals surface area contributed by atoms with Crippen LogP contribution >= 0.6 is 15.9 Å². The number of nitrogens with one attached hydrogen (secondary N) is 1. The molecule has 0 bridgehead atoms. The van der Waals surface area contributed by atoms with Crippen molar-refractivity contribution in [2.75, 3.05) is 6.61 Å². The fourth-order valence-corrected chi connectivity index (χ4v) is 4.45. The molecule has 0 saturated heterocycles. The number of rotatable bonds is 4. The molecule has 2 aromatic carbocycles. The average Bonchev–Trinajstić information content (AvgIpc) is 2.61. The van der Waals surface area contributed by atoms with E-state index in [9.17, 15) is 4.79 Å². The summed E-state index contributed by atoms with van der Waals surface area (Å²) in [6.07, 6.45) is 4.50. The highest BCUT2D eigenvalue weighted by molar-refractivity contribution is 9.10. The van der Waals surface area contributed by atoms with Crippen molar-refractivity contribution in [2.45, 2.75) is 52.5 Å². The Kier molecular flexibility index (Phi) is 5.91. The van der Waals surface area contributed by atoms with Crippen LogP contribution in [0.1, 0.15) is 46.5 Å². The molecule has 3 nitrogen and oxygen atoms in total. The van der Waals surface area contributed by atoms with Gasteiger partial charge < -0.3 is 10.1 Å². The van der Waals surface area contributed by atoms with Gasteiger partial charge in [0, 0.05) is 6.04 Å². The predicted octanol–water partition coefficient (Wildman–Crippen LogP) is 5.70. The van der Waals surface area contributed by atoms with E-state index >= 15 is 0 Å². The number of hydrogen-bond acceptors (Lipinski definition) is 2. The molecule has 4 heteroatoms. The second-order valence-electron chi connectivity index (χ2n) is 8.37. The van der Waals surface area contributed by atoms with Crippen molar-refractivity contribution in [3.8, 4) is 5.75 Å². The number of fused-ring (bicyclic) bond motifs is 1. The molecule has 0 unspecified atom stereocenters. The lowest BCUT2D eigenvalue weighted by Gasteiger charge is -2.37. The van der Waals surface area contributed by atoms with Gasteiger partial charge in [0.15, 0.2) is 6.61 Å². The Bertz CT molecular complexity index is 773. The monoisotopic (exact) mass is 417 g/mol. The van der Waals surface area contributed by atoms with E-state index in [2.05, 4.69) is 48.1 Å². The highest BCUT2D eigenvalue weighted by Gasteiger charge is 2.30. The number of hydrogen-bond donors (Lipinski definition) is 1. The summed E-state index contributed by atoms with van der Waals surface area (Å²) >= 11 is 3.60. The first kappa shape index (κ1) is 19.2. The van der Waals surface area contributed by atoms with Gasteiger partial charge in [-0.25, -0.2) is 0 Å².